The smallest absolute Gasteiger partial charge is 0.0704 e. The van der Waals surface area contributed by atoms with Gasteiger partial charge in [-0.15, -0.1) is 0 Å². The highest BCUT2D eigenvalue weighted by Crippen LogP contribution is 2.26. The van der Waals surface area contributed by atoms with Crippen molar-refractivity contribution in [1.29, 1.82) is 0 Å². The maximum Gasteiger partial charge on any atom is 0.0704 e. The summed E-state index contributed by atoms with van der Waals surface area (Å²) in [6.45, 7) is 3.33. The van der Waals surface area contributed by atoms with E-state index in [0.29, 0.717) is 5.92 Å². The van der Waals surface area contributed by atoms with E-state index in [0.717, 1.165) is 18.5 Å². The molecular formula is C14H18N2. The van der Waals surface area contributed by atoms with Crippen LogP contribution >= 0.6 is 0 Å². The normalized spacial score (nSPS) is 12.9. The zero-order valence-corrected chi connectivity index (χ0v) is 9.90. The van der Waals surface area contributed by atoms with Crippen molar-refractivity contribution >= 4 is 10.9 Å². The van der Waals surface area contributed by atoms with Crippen LogP contribution in [-0.2, 0) is 0 Å². The largest absolute Gasteiger partial charge is 0.320 e. The summed E-state index contributed by atoms with van der Waals surface area (Å²) in [6.07, 6.45) is 3.01. The molecule has 2 rings (SSSR count). The number of fused-ring (bicyclic) bond motifs is 1. The quantitative estimate of drug-likeness (QED) is 0.846. The minimum absolute atomic E-state index is 0.570. The lowest BCUT2D eigenvalue weighted by Crippen LogP contribution is -2.10. The van der Waals surface area contributed by atoms with Crippen molar-refractivity contribution in [3.63, 3.8) is 0 Å². The first-order valence-electron chi connectivity index (χ1n) is 5.81. The molecule has 2 nitrogen and oxygen atoms in total. The van der Waals surface area contributed by atoms with E-state index < -0.39 is 0 Å². The van der Waals surface area contributed by atoms with Crippen LogP contribution in [-0.4, -0.2) is 18.6 Å². The zero-order chi connectivity index (χ0) is 11.4. The number of rotatable bonds is 4. The summed E-state index contributed by atoms with van der Waals surface area (Å²) in [5.74, 6) is 0.570. The first kappa shape index (κ1) is 11.1. The Morgan fingerprint density at radius 3 is 2.94 bits per heavy atom. The second-order valence-electron chi connectivity index (χ2n) is 4.21. The van der Waals surface area contributed by atoms with Gasteiger partial charge in [0.25, 0.3) is 0 Å². The summed E-state index contributed by atoms with van der Waals surface area (Å²) in [5.41, 5.74) is 2.50. The third kappa shape index (κ3) is 2.22. The van der Waals surface area contributed by atoms with Gasteiger partial charge in [-0.1, -0.05) is 25.1 Å². The highest BCUT2D eigenvalue weighted by atomic mass is 14.8. The summed E-state index contributed by atoms with van der Waals surface area (Å²) in [5, 5.41) is 4.49. The van der Waals surface area contributed by atoms with Crippen molar-refractivity contribution in [2.75, 3.05) is 13.6 Å². The van der Waals surface area contributed by atoms with Crippen molar-refractivity contribution in [3.05, 3.63) is 42.1 Å². The average Bonchev–Trinajstić information content (AvgIpc) is 2.35. The first-order valence-corrected chi connectivity index (χ1v) is 5.81. The summed E-state index contributed by atoms with van der Waals surface area (Å²) < 4.78 is 0. The number of hydrogen-bond acceptors (Lipinski definition) is 2. The fourth-order valence-corrected chi connectivity index (χ4v) is 2.07. The molecular weight excluding hydrogens is 196 g/mol. The molecule has 0 aliphatic rings. The van der Waals surface area contributed by atoms with E-state index in [9.17, 15) is 0 Å². The molecule has 0 spiro atoms. The number of hydrogen-bond donors (Lipinski definition) is 1. The molecule has 0 radical (unpaired) electrons. The van der Waals surface area contributed by atoms with Gasteiger partial charge in [0.05, 0.1) is 5.52 Å². The molecule has 0 aliphatic carbocycles. The highest BCUT2D eigenvalue weighted by Gasteiger charge is 2.08. The van der Waals surface area contributed by atoms with E-state index in [1.165, 1.54) is 10.9 Å². The fraction of sp³-hybridized carbons (Fsp3) is 0.357. The molecule has 0 bridgehead atoms. The van der Waals surface area contributed by atoms with Crippen molar-refractivity contribution in [3.8, 4) is 0 Å². The molecule has 84 valence electrons. The molecule has 16 heavy (non-hydrogen) atoms. The van der Waals surface area contributed by atoms with E-state index in [2.05, 4.69) is 41.5 Å². The molecule has 1 N–H and O–H groups in total. The Morgan fingerprint density at radius 2 is 2.12 bits per heavy atom. The third-order valence-corrected chi connectivity index (χ3v) is 3.04. The summed E-state index contributed by atoms with van der Waals surface area (Å²) in [4.78, 5) is 4.39. The van der Waals surface area contributed by atoms with Gasteiger partial charge in [-0.2, -0.15) is 0 Å². The number of aromatic nitrogens is 1. The summed E-state index contributed by atoms with van der Waals surface area (Å²) in [7, 11) is 2.00. The van der Waals surface area contributed by atoms with Crippen molar-refractivity contribution < 1.29 is 0 Å². The van der Waals surface area contributed by atoms with Gasteiger partial charge in [0, 0.05) is 11.6 Å². The van der Waals surface area contributed by atoms with E-state index >= 15 is 0 Å². The van der Waals surface area contributed by atoms with E-state index in [4.69, 9.17) is 0 Å². The van der Waals surface area contributed by atoms with Crippen LogP contribution in [0.3, 0.4) is 0 Å². The van der Waals surface area contributed by atoms with Gasteiger partial charge < -0.3 is 5.32 Å². The average molecular weight is 214 g/mol. The fourth-order valence-electron chi connectivity index (χ4n) is 2.07. The molecule has 0 saturated carbocycles. The monoisotopic (exact) mass is 214 g/mol. The van der Waals surface area contributed by atoms with E-state index in [1.807, 2.05) is 19.3 Å². The lowest BCUT2D eigenvalue weighted by molar-refractivity contribution is 0.639. The van der Waals surface area contributed by atoms with Crippen LogP contribution in [0.1, 0.15) is 24.8 Å². The summed E-state index contributed by atoms with van der Waals surface area (Å²) >= 11 is 0. The molecule has 1 unspecified atom stereocenters. The molecule has 1 heterocycles. The predicted molar refractivity (Wildman–Crippen MR) is 68.7 cm³/mol. The third-order valence-electron chi connectivity index (χ3n) is 3.04. The topological polar surface area (TPSA) is 24.9 Å². The Morgan fingerprint density at radius 1 is 1.25 bits per heavy atom. The molecule has 2 aromatic rings. The number of benzene rings is 1. The van der Waals surface area contributed by atoms with Crippen LogP contribution < -0.4 is 5.32 Å². The van der Waals surface area contributed by atoms with Crippen LogP contribution in [0.2, 0.25) is 0 Å². The van der Waals surface area contributed by atoms with Gasteiger partial charge in [-0.05, 0) is 43.6 Å². The molecule has 2 heteroatoms. The lowest BCUT2D eigenvalue weighted by atomic mass is 9.94. The minimum atomic E-state index is 0.570. The molecule has 0 saturated heterocycles. The Bertz CT molecular complexity index is 460. The minimum Gasteiger partial charge on any atom is -0.320 e. The van der Waals surface area contributed by atoms with Crippen LogP contribution in [0.15, 0.2) is 36.5 Å². The van der Waals surface area contributed by atoms with Gasteiger partial charge in [-0.25, -0.2) is 0 Å². The molecule has 1 aromatic carbocycles. The molecule has 0 aliphatic heterocycles. The SMILES string of the molecule is CNCCC(C)c1cccc2ncccc12. The van der Waals surface area contributed by atoms with Gasteiger partial charge in [0.1, 0.15) is 0 Å². The van der Waals surface area contributed by atoms with E-state index in [-0.39, 0.29) is 0 Å². The first-order chi connectivity index (χ1) is 7.83. The molecule has 1 aromatic heterocycles. The van der Waals surface area contributed by atoms with Crippen LogP contribution in [0.25, 0.3) is 10.9 Å². The van der Waals surface area contributed by atoms with Gasteiger partial charge >= 0.3 is 0 Å². The van der Waals surface area contributed by atoms with Crippen molar-refractivity contribution in [2.45, 2.75) is 19.3 Å². The maximum atomic E-state index is 4.39. The number of nitrogens with zero attached hydrogens (tertiary/aromatic N) is 1. The molecule has 0 amide bonds. The van der Waals surface area contributed by atoms with Crippen molar-refractivity contribution in [2.24, 2.45) is 0 Å². The Labute approximate surface area is 96.7 Å². The van der Waals surface area contributed by atoms with Crippen LogP contribution in [0, 0.1) is 0 Å². The second kappa shape index (κ2) is 5.08. The predicted octanol–water partition coefficient (Wildman–Crippen LogP) is 2.95. The number of pyridine rings is 1. The zero-order valence-electron chi connectivity index (χ0n) is 9.90. The Balaban J connectivity index is 2.36. The van der Waals surface area contributed by atoms with Gasteiger partial charge in [-0.3, -0.25) is 4.98 Å². The van der Waals surface area contributed by atoms with E-state index in [1.54, 1.807) is 0 Å². The highest BCUT2D eigenvalue weighted by molar-refractivity contribution is 5.82. The van der Waals surface area contributed by atoms with Gasteiger partial charge in [0.15, 0.2) is 0 Å². The van der Waals surface area contributed by atoms with Crippen molar-refractivity contribution in [1.82, 2.24) is 10.3 Å². The lowest BCUT2D eigenvalue weighted by Gasteiger charge is -2.13. The molecule has 0 fully saturated rings. The second-order valence-corrected chi connectivity index (χ2v) is 4.21. The molecule has 1 atom stereocenters. The standard InChI is InChI=1S/C14H18N2/c1-11(8-10-15-2)12-5-3-7-14-13(12)6-4-9-16-14/h3-7,9,11,15H,8,10H2,1-2H3. The maximum absolute atomic E-state index is 4.39. The van der Waals surface area contributed by atoms with Crippen LogP contribution in [0.5, 0.6) is 0 Å². The van der Waals surface area contributed by atoms with Crippen LogP contribution in [0.4, 0.5) is 0 Å². The Kier molecular flexibility index (Phi) is 3.52. The summed E-state index contributed by atoms with van der Waals surface area (Å²) in [6, 6.07) is 10.6. The van der Waals surface area contributed by atoms with Gasteiger partial charge in [0.2, 0.25) is 0 Å². The Hall–Kier alpha value is -1.41. The number of nitrogens with one attached hydrogen (secondary N) is 1.